The number of nitrogens with one attached hydrogen (secondary N) is 1. The number of carbonyl (C=O) groups excluding carboxylic acids is 1. The van der Waals surface area contributed by atoms with Gasteiger partial charge in [0.15, 0.2) is 0 Å². The molecule has 2 unspecified atom stereocenters. The number of anilines is 1. The summed E-state index contributed by atoms with van der Waals surface area (Å²) in [6.45, 7) is 2.23. The molecule has 0 bridgehead atoms. The summed E-state index contributed by atoms with van der Waals surface area (Å²) in [5.41, 5.74) is 0.872. The molecule has 110 valence electrons. The van der Waals surface area contributed by atoms with E-state index in [9.17, 15) is 4.79 Å². The minimum atomic E-state index is -0.293. The van der Waals surface area contributed by atoms with Crippen LogP contribution in [-0.4, -0.2) is 30.1 Å². The van der Waals surface area contributed by atoms with Crippen molar-refractivity contribution >= 4 is 50.9 Å². The standard InChI is InChI=1S/C14H17BrClNO2S/c1-2-19-14(18)13(9-5-6-20-8-9)17-10-3-4-12(16)11(15)7-10/h3-4,7,9,13,17H,2,5-6,8H2,1H3. The number of hydrogen-bond acceptors (Lipinski definition) is 4. The Balaban J connectivity index is 2.13. The summed E-state index contributed by atoms with van der Waals surface area (Å²) in [4.78, 5) is 12.2. The van der Waals surface area contributed by atoms with Crippen molar-refractivity contribution in [2.24, 2.45) is 5.92 Å². The van der Waals surface area contributed by atoms with Gasteiger partial charge in [0.2, 0.25) is 0 Å². The number of ether oxygens (including phenoxy) is 1. The summed E-state index contributed by atoms with van der Waals surface area (Å²) in [6, 6.07) is 5.27. The fourth-order valence-corrected chi connectivity index (χ4v) is 3.98. The molecule has 1 N–H and O–H groups in total. The zero-order chi connectivity index (χ0) is 14.5. The molecule has 1 saturated heterocycles. The molecule has 20 heavy (non-hydrogen) atoms. The van der Waals surface area contributed by atoms with Crippen molar-refractivity contribution in [1.29, 1.82) is 0 Å². The van der Waals surface area contributed by atoms with E-state index in [1.54, 1.807) is 6.07 Å². The summed E-state index contributed by atoms with van der Waals surface area (Å²) in [5, 5.41) is 3.95. The second kappa shape index (κ2) is 7.57. The van der Waals surface area contributed by atoms with E-state index in [-0.39, 0.29) is 12.0 Å². The minimum Gasteiger partial charge on any atom is -0.464 e. The van der Waals surface area contributed by atoms with Gasteiger partial charge in [0, 0.05) is 10.2 Å². The molecule has 2 rings (SSSR count). The quantitative estimate of drug-likeness (QED) is 0.779. The van der Waals surface area contributed by atoms with E-state index in [0.29, 0.717) is 17.5 Å². The van der Waals surface area contributed by atoms with Crippen LogP contribution in [0.4, 0.5) is 5.69 Å². The molecule has 6 heteroatoms. The molecule has 0 radical (unpaired) electrons. The van der Waals surface area contributed by atoms with Crippen LogP contribution < -0.4 is 5.32 Å². The second-order valence-corrected chi connectivity index (χ2v) is 7.04. The summed E-state index contributed by atoms with van der Waals surface area (Å²) in [7, 11) is 0. The molecule has 3 nitrogen and oxygen atoms in total. The molecule has 0 saturated carbocycles. The number of hydrogen-bond donors (Lipinski definition) is 1. The van der Waals surface area contributed by atoms with Gasteiger partial charge in [-0.05, 0) is 64.9 Å². The van der Waals surface area contributed by atoms with Crippen LogP contribution in [0.5, 0.6) is 0 Å². The van der Waals surface area contributed by atoms with Crippen LogP contribution in [0.25, 0.3) is 0 Å². The van der Waals surface area contributed by atoms with Gasteiger partial charge >= 0.3 is 5.97 Å². The zero-order valence-electron chi connectivity index (χ0n) is 11.2. The van der Waals surface area contributed by atoms with Crippen LogP contribution in [0.1, 0.15) is 13.3 Å². The Morgan fingerprint density at radius 1 is 1.65 bits per heavy atom. The van der Waals surface area contributed by atoms with Crippen molar-refractivity contribution in [3.63, 3.8) is 0 Å². The smallest absolute Gasteiger partial charge is 0.328 e. The number of thioether (sulfide) groups is 1. The predicted octanol–water partition coefficient (Wildman–Crippen LogP) is 4.20. The third-order valence-electron chi connectivity index (χ3n) is 3.22. The van der Waals surface area contributed by atoms with Crippen molar-refractivity contribution in [2.75, 3.05) is 23.4 Å². The summed E-state index contributed by atoms with van der Waals surface area (Å²) < 4.78 is 6.01. The van der Waals surface area contributed by atoms with Crippen LogP contribution >= 0.6 is 39.3 Å². The molecule has 1 aromatic carbocycles. The van der Waals surface area contributed by atoms with E-state index >= 15 is 0 Å². The largest absolute Gasteiger partial charge is 0.464 e. The lowest BCUT2D eigenvalue weighted by atomic mass is 9.99. The average Bonchev–Trinajstić information content (AvgIpc) is 2.94. The molecular formula is C14H17BrClNO2S. The van der Waals surface area contributed by atoms with Gasteiger partial charge in [0.05, 0.1) is 11.6 Å². The molecule has 1 aliphatic rings. The lowest BCUT2D eigenvalue weighted by molar-refractivity contribution is -0.145. The van der Waals surface area contributed by atoms with Crippen molar-refractivity contribution in [2.45, 2.75) is 19.4 Å². The number of benzene rings is 1. The maximum Gasteiger partial charge on any atom is 0.328 e. The third kappa shape index (κ3) is 4.06. The summed E-state index contributed by atoms with van der Waals surface area (Å²) in [6.07, 6.45) is 1.04. The van der Waals surface area contributed by atoms with Crippen LogP contribution in [0.2, 0.25) is 5.02 Å². The lowest BCUT2D eigenvalue weighted by Crippen LogP contribution is -2.38. The van der Waals surface area contributed by atoms with E-state index in [1.165, 1.54) is 0 Å². The number of halogens is 2. The number of esters is 1. The van der Waals surface area contributed by atoms with Gasteiger partial charge in [-0.25, -0.2) is 4.79 Å². The molecule has 1 aliphatic heterocycles. The van der Waals surface area contributed by atoms with Crippen LogP contribution in [0.3, 0.4) is 0 Å². The monoisotopic (exact) mass is 377 g/mol. The Kier molecular flexibility index (Phi) is 6.05. The maximum atomic E-state index is 12.2. The van der Waals surface area contributed by atoms with Crippen molar-refractivity contribution in [3.8, 4) is 0 Å². The normalized spacial score (nSPS) is 19.6. The molecule has 1 heterocycles. The van der Waals surface area contributed by atoms with Gasteiger partial charge in [-0.3, -0.25) is 0 Å². The molecule has 0 aliphatic carbocycles. The van der Waals surface area contributed by atoms with E-state index in [1.807, 2.05) is 30.8 Å². The van der Waals surface area contributed by atoms with Crippen molar-refractivity contribution < 1.29 is 9.53 Å². The molecule has 1 aromatic rings. The first-order valence-electron chi connectivity index (χ1n) is 6.57. The fourth-order valence-electron chi connectivity index (χ4n) is 2.18. The third-order valence-corrected chi connectivity index (χ3v) is 5.62. The van der Waals surface area contributed by atoms with Gasteiger partial charge in [-0.2, -0.15) is 11.8 Å². The Morgan fingerprint density at radius 3 is 3.05 bits per heavy atom. The highest BCUT2D eigenvalue weighted by Crippen LogP contribution is 2.30. The van der Waals surface area contributed by atoms with E-state index in [0.717, 1.165) is 28.1 Å². The Hall–Kier alpha value is -0.390. The highest BCUT2D eigenvalue weighted by molar-refractivity contribution is 9.10. The first-order valence-corrected chi connectivity index (χ1v) is 8.90. The second-order valence-electron chi connectivity index (χ2n) is 4.63. The van der Waals surface area contributed by atoms with E-state index < -0.39 is 0 Å². The number of carbonyl (C=O) groups is 1. The van der Waals surface area contributed by atoms with Gasteiger partial charge in [-0.15, -0.1) is 0 Å². The van der Waals surface area contributed by atoms with E-state index in [4.69, 9.17) is 16.3 Å². The van der Waals surface area contributed by atoms with Crippen LogP contribution in [0, 0.1) is 5.92 Å². The fraction of sp³-hybridized carbons (Fsp3) is 0.500. The average molecular weight is 379 g/mol. The molecule has 0 amide bonds. The van der Waals surface area contributed by atoms with Gasteiger partial charge in [0.25, 0.3) is 0 Å². The zero-order valence-corrected chi connectivity index (χ0v) is 14.4. The van der Waals surface area contributed by atoms with Crippen molar-refractivity contribution in [1.82, 2.24) is 0 Å². The SMILES string of the molecule is CCOC(=O)C(Nc1ccc(Cl)c(Br)c1)C1CCSC1. The predicted molar refractivity (Wildman–Crippen MR) is 88.6 cm³/mol. The highest BCUT2D eigenvalue weighted by Gasteiger charge is 2.32. The van der Waals surface area contributed by atoms with Crippen molar-refractivity contribution in [3.05, 3.63) is 27.7 Å². The van der Waals surface area contributed by atoms with E-state index in [2.05, 4.69) is 21.2 Å². The topological polar surface area (TPSA) is 38.3 Å². The Labute approximate surface area is 136 Å². The maximum absolute atomic E-state index is 12.2. The summed E-state index contributed by atoms with van der Waals surface area (Å²) >= 11 is 11.3. The first kappa shape index (κ1) is 16.0. The molecular weight excluding hydrogens is 362 g/mol. The first-order chi connectivity index (χ1) is 9.61. The minimum absolute atomic E-state index is 0.175. The number of rotatable bonds is 5. The highest BCUT2D eigenvalue weighted by atomic mass is 79.9. The Morgan fingerprint density at radius 2 is 2.45 bits per heavy atom. The molecule has 1 fully saturated rings. The van der Waals surface area contributed by atoms with Gasteiger partial charge in [-0.1, -0.05) is 11.6 Å². The van der Waals surface area contributed by atoms with Gasteiger partial charge < -0.3 is 10.1 Å². The molecule has 0 spiro atoms. The van der Waals surface area contributed by atoms with Crippen LogP contribution in [-0.2, 0) is 9.53 Å². The summed E-state index contributed by atoms with van der Waals surface area (Å²) in [5.74, 6) is 2.23. The molecule has 2 atom stereocenters. The molecule has 0 aromatic heterocycles. The lowest BCUT2D eigenvalue weighted by Gasteiger charge is -2.23. The van der Waals surface area contributed by atoms with Gasteiger partial charge in [0.1, 0.15) is 6.04 Å². The van der Waals surface area contributed by atoms with Crippen LogP contribution in [0.15, 0.2) is 22.7 Å². The Bertz CT molecular complexity index is 480.